The van der Waals surface area contributed by atoms with E-state index in [0.717, 1.165) is 12.5 Å². The van der Waals surface area contributed by atoms with Crippen LogP contribution >= 0.6 is 0 Å². The SMILES string of the molecule is CC(C)c1ccc(CCn2cccc(/C=C/C(=O)NO)c2=O)cc1. The average molecular weight is 326 g/mol. The molecule has 0 atom stereocenters. The Morgan fingerprint density at radius 1 is 1.25 bits per heavy atom. The summed E-state index contributed by atoms with van der Waals surface area (Å²) in [6.07, 6.45) is 4.99. The molecule has 1 aromatic carbocycles. The Kier molecular flexibility index (Phi) is 6.09. The van der Waals surface area contributed by atoms with Gasteiger partial charge in [-0.25, -0.2) is 5.48 Å². The van der Waals surface area contributed by atoms with Crippen molar-refractivity contribution < 1.29 is 10.0 Å². The molecule has 0 aliphatic rings. The predicted molar refractivity (Wildman–Crippen MR) is 93.9 cm³/mol. The zero-order valence-electron chi connectivity index (χ0n) is 13.9. The number of aryl methyl sites for hydroxylation is 2. The third kappa shape index (κ3) is 4.67. The number of aromatic nitrogens is 1. The molecular weight excluding hydrogens is 304 g/mol. The summed E-state index contributed by atoms with van der Waals surface area (Å²) in [7, 11) is 0. The minimum absolute atomic E-state index is 0.168. The van der Waals surface area contributed by atoms with E-state index in [1.165, 1.54) is 22.7 Å². The van der Waals surface area contributed by atoms with Gasteiger partial charge in [0.15, 0.2) is 0 Å². The van der Waals surface area contributed by atoms with Crippen LogP contribution in [0.3, 0.4) is 0 Å². The number of hydrogen-bond donors (Lipinski definition) is 2. The molecule has 5 nitrogen and oxygen atoms in total. The number of carbonyl (C=O) groups is 1. The van der Waals surface area contributed by atoms with E-state index in [1.807, 2.05) is 0 Å². The molecular formula is C19H22N2O3. The van der Waals surface area contributed by atoms with E-state index < -0.39 is 5.91 Å². The second-order valence-corrected chi connectivity index (χ2v) is 5.92. The number of pyridine rings is 1. The molecule has 2 aromatic rings. The minimum Gasteiger partial charge on any atom is -0.315 e. The maximum Gasteiger partial charge on any atom is 0.267 e. The van der Waals surface area contributed by atoms with Gasteiger partial charge in [-0.2, -0.15) is 0 Å². The van der Waals surface area contributed by atoms with Gasteiger partial charge >= 0.3 is 0 Å². The normalized spacial score (nSPS) is 11.2. The summed E-state index contributed by atoms with van der Waals surface area (Å²) in [6.45, 7) is 4.88. The van der Waals surface area contributed by atoms with Crippen molar-refractivity contribution in [3.63, 3.8) is 0 Å². The van der Waals surface area contributed by atoms with Crippen LogP contribution in [0.1, 0.15) is 36.5 Å². The highest BCUT2D eigenvalue weighted by Gasteiger charge is 2.03. The summed E-state index contributed by atoms with van der Waals surface area (Å²) >= 11 is 0. The molecule has 1 aromatic heterocycles. The Morgan fingerprint density at radius 2 is 1.96 bits per heavy atom. The fourth-order valence-electron chi connectivity index (χ4n) is 2.38. The molecule has 2 rings (SSSR count). The van der Waals surface area contributed by atoms with Crippen molar-refractivity contribution in [3.05, 3.63) is 75.7 Å². The van der Waals surface area contributed by atoms with Gasteiger partial charge in [0, 0.05) is 24.4 Å². The molecule has 24 heavy (non-hydrogen) atoms. The highest BCUT2D eigenvalue weighted by atomic mass is 16.5. The summed E-state index contributed by atoms with van der Waals surface area (Å²) in [6, 6.07) is 11.8. The van der Waals surface area contributed by atoms with E-state index in [2.05, 4.69) is 38.1 Å². The molecule has 0 fully saturated rings. The lowest BCUT2D eigenvalue weighted by atomic mass is 10.0. The molecule has 0 radical (unpaired) electrons. The number of hydrogen-bond acceptors (Lipinski definition) is 3. The Bertz CT molecular complexity index is 774. The number of hydroxylamine groups is 1. The molecule has 0 saturated heterocycles. The molecule has 0 saturated carbocycles. The number of carbonyl (C=O) groups excluding carboxylic acids is 1. The second kappa shape index (κ2) is 8.26. The lowest BCUT2D eigenvalue weighted by molar-refractivity contribution is -0.124. The summed E-state index contributed by atoms with van der Waals surface area (Å²) in [5.74, 6) is -0.170. The first-order valence-corrected chi connectivity index (χ1v) is 7.91. The molecule has 0 aliphatic carbocycles. The summed E-state index contributed by atoms with van der Waals surface area (Å²) in [5, 5.41) is 8.47. The first kappa shape index (κ1) is 17.7. The molecule has 0 bridgehead atoms. The van der Waals surface area contributed by atoms with Crippen molar-refractivity contribution in [1.29, 1.82) is 0 Å². The van der Waals surface area contributed by atoms with Crippen LogP contribution in [0.2, 0.25) is 0 Å². The third-order valence-electron chi connectivity index (χ3n) is 3.86. The van der Waals surface area contributed by atoms with E-state index >= 15 is 0 Å². The number of benzene rings is 1. The van der Waals surface area contributed by atoms with Crippen LogP contribution in [-0.2, 0) is 17.8 Å². The first-order valence-electron chi connectivity index (χ1n) is 7.91. The highest BCUT2D eigenvalue weighted by molar-refractivity contribution is 5.90. The third-order valence-corrected chi connectivity index (χ3v) is 3.86. The standard InChI is InChI=1S/C19H22N2O3/c1-14(2)16-7-5-15(6-8-16)11-13-21-12-3-4-17(19(21)23)9-10-18(22)20-24/h3-10,12,14,24H,11,13H2,1-2H3,(H,20,22)/b10-9+. The van der Waals surface area contributed by atoms with Crippen molar-refractivity contribution >= 4 is 12.0 Å². The zero-order valence-corrected chi connectivity index (χ0v) is 13.9. The fraction of sp³-hybridized carbons (Fsp3) is 0.263. The molecule has 0 spiro atoms. The van der Waals surface area contributed by atoms with Gasteiger partial charge in [-0.05, 0) is 41.7 Å². The van der Waals surface area contributed by atoms with Crippen LogP contribution in [0.4, 0.5) is 0 Å². The summed E-state index contributed by atoms with van der Waals surface area (Å²) < 4.78 is 1.62. The molecule has 1 heterocycles. The van der Waals surface area contributed by atoms with Gasteiger partial charge in [0.2, 0.25) is 0 Å². The van der Waals surface area contributed by atoms with Crippen LogP contribution in [0, 0.1) is 0 Å². The minimum atomic E-state index is -0.671. The Morgan fingerprint density at radius 3 is 2.58 bits per heavy atom. The lowest BCUT2D eigenvalue weighted by Crippen LogP contribution is -2.22. The first-order chi connectivity index (χ1) is 11.5. The lowest BCUT2D eigenvalue weighted by Gasteiger charge is -2.09. The van der Waals surface area contributed by atoms with E-state index in [0.29, 0.717) is 18.0 Å². The van der Waals surface area contributed by atoms with Crippen molar-refractivity contribution in [2.45, 2.75) is 32.7 Å². The number of amides is 1. The van der Waals surface area contributed by atoms with E-state index in [4.69, 9.17) is 5.21 Å². The van der Waals surface area contributed by atoms with Gasteiger partial charge < -0.3 is 4.57 Å². The van der Waals surface area contributed by atoms with E-state index in [-0.39, 0.29) is 5.56 Å². The quantitative estimate of drug-likeness (QED) is 0.487. The maximum absolute atomic E-state index is 12.4. The predicted octanol–water partition coefficient (Wildman–Crippen LogP) is 2.73. The van der Waals surface area contributed by atoms with Crippen molar-refractivity contribution in [2.75, 3.05) is 0 Å². The molecule has 0 unspecified atom stereocenters. The van der Waals surface area contributed by atoms with Crippen LogP contribution < -0.4 is 11.0 Å². The van der Waals surface area contributed by atoms with Gasteiger partial charge in [-0.1, -0.05) is 38.1 Å². The summed E-state index contributed by atoms with van der Waals surface area (Å²) in [4.78, 5) is 23.4. The number of nitrogens with one attached hydrogen (secondary N) is 1. The van der Waals surface area contributed by atoms with E-state index in [1.54, 1.807) is 22.9 Å². The molecule has 5 heteroatoms. The van der Waals surface area contributed by atoms with Crippen LogP contribution in [0.15, 0.2) is 53.5 Å². The largest absolute Gasteiger partial charge is 0.315 e. The second-order valence-electron chi connectivity index (χ2n) is 5.92. The van der Waals surface area contributed by atoms with Crippen LogP contribution in [0.5, 0.6) is 0 Å². The molecule has 0 aliphatic heterocycles. The topological polar surface area (TPSA) is 71.3 Å². The van der Waals surface area contributed by atoms with Gasteiger partial charge in [-0.15, -0.1) is 0 Å². The Balaban J connectivity index is 2.09. The molecule has 126 valence electrons. The molecule has 2 N–H and O–H groups in total. The highest BCUT2D eigenvalue weighted by Crippen LogP contribution is 2.15. The smallest absolute Gasteiger partial charge is 0.267 e. The Hall–Kier alpha value is -2.66. The number of nitrogens with zero attached hydrogens (tertiary/aromatic N) is 1. The fourth-order valence-corrected chi connectivity index (χ4v) is 2.38. The Labute approximate surface area is 141 Å². The monoisotopic (exact) mass is 326 g/mol. The number of rotatable bonds is 6. The van der Waals surface area contributed by atoms with Crippen molar-refractivity contribution in [2.24, 2.45) is 0 Å². The van der Waals surface area contributed by atoms with Crippen molar-refractivity contribution in [1.82, 2.24) is 10.0 Å². The average Bonchev–Trinajstić information content (AvgIpc) is 2.59. The van der Waals surface area contributed by atoms with Crippen molar-refractivity contribution in [3.8, 4) is 0 Å². The van der Waals surface area contributed by atoms with Gasteiger partial charge in [0.05, 0.1) is 0 Å². The van der Waals surface area contributed by atoms with Gasteiger partial charge in [0.1, 0.15) is 0 Å². The van der Waals surface area contributed by atoms with Gasteiger partial charge in [0.25, 0.3) is 11.5 Å². The zero-order chi connectivity index (χ0) is 17.5. The van der Waals surface area contributed by atoms with E-state index in [9.17, 15) is 9.59 Å². The van der Waals surface area contributed by atoms with Crippen LogP contribution in [-0.4, -0.2) is 15.7 Å². The van der Waals surface area contributed by atoms with Crippen LogP contribution in [0.25, 0.3) is 6.08 Å². The summed E-state index contributed by atoms with van der Waals surface area (Å²) in [5.41, 5.74) is 4.19. The maximum atomic E-state index is 12.4. The molecule has 1 amide bonds. The van der Waals surface area contributed by atoms with Gasteiger partial charge in [-0.3, -0.25) is 14.8 Å².